The number of thiazole rings is 1. The Morgan fingerprint density at radius 1 is 0.938 bits per heavy atom. The van der Waals surface area contributed by atoms with E-state index in [0.29, 0.717) is 11.7 Å². The highest BCUT2D eigenvalue weighted by Crippen LogP contribution is 2.25. The van der Waals surface area contributed by atoms with E-state index in [2.05, 4.69) is 41.8 Å². The zero-order valence-electron chi connectivity index (χ0n) is 17.9. The van der Waals surface area contributed by atoms with Crippen LogP contribution < -0.4 is 5.32 Å². The average molecular weight is 447 g/mol. The molecule has 164 valence electrons. The van der Waals surface area contributed by atoms with E-state index in [4.69, 9.17) is 0 Å². The molecule has 1 aliphatic heterocycles. The predicted octanol–water partition coefficient (Wildman–Crippen LogP) is 3.42. The largest absolute Gasteiger partial charge is 0.330 e. The van der Waals surface area contributed by atoms with E-state index in [1.54, 1.807) is 0 Å². The number of rotatable bonds is 7. The van der Waals surface area contributed by atoms with Crippen molar-refractivity contribution < 1.29 is 4.79 Å². The quantitative estimate of drug-likeness (QED) is 0.471. The lowest BCUT2D eigenvalue weighted by molar-refractivity contribution is -0.117. The fourth-order valence-corrected chi connectivity index (χ4v) is 4.93. The van der Waals surface area contributed by atoms with E-state index in [0.717, 1.165) is 60.9 Å². The highest BCUT2D eigenvalue weighted by molar-refractivity contribution is 7.22. The van der Waals surface area contributed by atoms with E-state index in [1.165, 1.54) is 11.3 Å². The van der Waals surface area contributed by atoms with Crippen LogP contribution in [0.25, 0.3) is 21.6 Å². The van der Waals surface area contributed by atoms with E-state index in [9.17, 15) is 4.79 Å². The van der Waals surface area contributed by atoms with E-state index < -0.39 is 0 Å². The van der Waals surface area contributed by atoms with E-state index >= 15 is 0 Å². The summed E-state index contributed by atoms with van der Waals surface area (Å²) in [5.41, 5.74) is 2.07. The number of benzene rings is 2. The summed E-state index contributed by atoms with van der Waals surface area (Å²) in [5.74, 6) is 1.01. The number of hydrogen-bond acceptors (Lipinski definition) is 6. The van der Waals surface area contributed by atoms with Gasteiger partial charge in [0.25, 0.3) is 0 Å². The lowest BCUT2D eigenvalue weighted by Crippen LogP contribution is -2.49. The number of nitrogens with zero attached hydrogens (tertiary/aromatic N) is 5. The summed E-state index contributed by atoms with van der Waals surface area (Å²) in [6, 6.07) is 18.2. The summed E-state index contributed by atoms with van der Waals surface area (Å²) in [4.78, 5) is 26.2. The number of para-hydroxylation sites is 1. The molecule has 2 aromatic carbocycles. The summed E-state index contributed by atoms with van der Waals surface area (Å²) in [7, 11) is 0. The molecule has 32 heavy (non-hydrogen) atoms. The Kier molecular flexibility index (Phi) is 6.24. The van der Waals surface area contributed by atoms with Crippen LogP contribution in [-0.2, 0) is 11.3 Å². The number of amides is 1. The maximum absolute atomic E-state index is 12.5. The third-order valence-corrected chi connectivity index (χ3v) is 6.73. The van der Waals surface area contributed by atoms with Gasteiger partial charge in [0, 0.05) is 57.2 Å². The molecule has 5 rings (SSSR count). The van der Waals surface area contributed by atoms with Crippen molar-refractivity contribution in [1.82, 2.24) is 24.3 Å². The van der Waals surface area contributed by atoms with Gasteiger partial charge in [-0.05, 0) is 12.1 Å². The van der Waals surface area contributed by atoms with Gasteiger partial charge < -0.3 is 9.88 Å². The maximum Gasteiger partial charge on any atom is 0.240 e. The van der Waals surface area contributed by atoms with Gasteiger partial charge in [0.2, 0.25) is 5.91 Å². The maximum atomic E-state index is 12.5. The zero-order valence-corrected chi connectivity index (χ0v) is 18.7. The molecule has 0 spiro atoms. The molecule has 0 atom stereocenters. The van der Waals surface area contributed by atoms with Crippen LogP contribution in [0.2, 0.25) is 0 Å². The van der Waals surface area contributed by atoms with Crippen molar-refractivity contribution in [3.8, 4) is 11.4 Å². The van der Waals surface area contributed by atoms with Crippen molar-refractivity contribution >= 4 is 32.6 Å². The highest BCUT2D eigenvalue weighted by Gasteiger charge is 2.19. The SMILES string of the molecule is O=C(CN1CCN(CCn2ccnc2-c2ccccc2)CC1)Nc1nc2ccccc2s1. The summed E-state index contributed by atoms with van der Waals surface area (Å²) in [6.07, 6.45) is 3.91. The summed E-state index contributed by atoms with van der Waals surface area (Å²) in [6.45, 7) is 5.99. The van der Waals surface area contributed by atoms with Crippen LogP contribution >= 0.6 is 11.3 Å². The average Bonchev–Trinajstić information content (AvgIpc) is 3.45. The molecule has 0 radical (unpaired) electrons. The smallest absolute Gasteiger partial charge is 0.240 e. The monoisotopic (exact) mass is 446 g/mol. The number of fused-ring (bicyclic) bond motifs is 1. The number of nitrogens with one attached hydrogen (secondary N) is 1. The Morgan fingerprint density at radius 2 is 1.69 bits per heavy atom. The summed E-state index contributed by atoms with van der Waals surface area (Å²) < 4.78 is 3.30. The Balaban J connectivity index is 1.08. The van der Waals surface area contributed by atoms with Crippen LogP contribution in [0, 0.1) is 0 Å². The fourth-order valence-electron chi connectivity index (χ4n) is 4.04. The minimum absolute atomic E-state index is 0.00317. The molecule has 0 bridgehead atoms. The second-order valence-corrected chi connectivity index (χ2v) is 8.99. The van der Waals surface area contributed by atoms with Crippen LogP contribution in [-0.4, -0.2) is 69.5 Å². The van der Waals surface area contributed by atoms with Gasteiger partial charge in [0.05, 0.1) is 16.8 Å². The van der Waals surface area contributed by atoms with Gasteiger partial charge >= 0.3 is 0 Å². The molecule has 0 unspecified atom stereocenters. The van der Waals surface area contributed by atoms with E-state index in [1.807, 2.05) is 54.9 Å². The van der Waals surface area contributed by atoms with Crippen molar-refractivity contribution in [2.24, 2.45) is 0 Å². The second kappa shape index (κ2) is 9.60. The molecule has 1 N–H and O–H groups in total. The normalized spacial score (nSPS) is 15.2. The fraction of sp³-hybridized carbons (Fsp3) is 0.292. The lowest BCUT2D eigenvalue weighted by atomic mass is 10.2. The predicted molar refractivity (Wildman–Crippen MR) is 129 cm³/mol. The van der Waals surface area contributed by atoms with Crippen LogP contribution in [0.4, 0.5) is 5.13 Å². The molecular weight excluding hydrogens is 420 g/mol. The first-order valence-electron chi connectivity index (χ1n) is 10.9. The molecule has 1 fully saturated rings. The molecule has 4 aromatic rings. The topological polar surface area (TPSA) is 66.3 Å². The van der Waals surface area contributed by atoms with Gasteiger partial charge in [0.1, 0.15) is 5.82 Å². The summed E-state index contributed by atoms with van der Waals surface area (Å²) >= 11 is 1.52. The molecule has 1 amide bonds. The number of anilines is 1. The van der Waals surface area contributed by atoms with Gasteiger partial charge in [-0.2, -0.15) is 0 Å². The van der Waals surface area contributed by atoms with Crippen molar-refractivity contribution in [1.29, 1.82) is 0 Å². The third-order valence-electron chi connectivity index (χ3n) is 5.78. The number of hydrogen-bond donors (Lipinski definition) is 1. The van der Waals surface area contributed by atoms with Gasteiger partial charge in [-0.15, -0.1) is 0 Å². The molecule has 0 saturated carbocycles. The first kappa shape index (κ1) is 20.8. The Hall–Kier alpha value is -3.07. The van der Waals surface area contributed by atoms with Crippen molar-refractivity contribution in [2.45, 2.75) is 6.54 Å². The standard InChI is InChI=1S/C24H26N6OS/c31-22(27-24-26-20-8-4-5-9-21(20)32-24)18-29-14-12-28(13-15-29)16-17-30-11-10-25-23(30)19-6-2-1-3-7-19/h1-11H,12-18H2,(H,26,27,31). The minimum Gasteiger partial charge on any atom is -0.330 e. The number of imidazole rings is 1. The Bertz CT molecular complexity index is 1150. The number of carbonyl (C=O) groups excluding carboxylic acids is 1. The molecule has 1 saturated heterocycles. The van der Waals surface area contributed by atoms with Crippen LogP contribution in [0.15, 0.2) is 67.0 Å². The zero-order chi connectivity index (χ0) is 21.8. The number of piperazine rings is 1. The van der Waals surface area contributed by atoms with Crippen LogP contribution in [0.3, 0.4) is 0 Å². The van der Waals surface area contributed by atoms with Gasteiger partial charge in [-0.1, -0.05) is 53.8 Å². The minimum atomic E-state index is 0.00317. The third kappa shape index (κ3) is 4.88. The number of aromatic nitrogens is 3. The van der Waals surface area contributed by atoms with Crippen LogP contribution in [0.1, 0.15) is 0 Å². The van der Waals surface area contributed by atoms with E-state index in [-0.39, 0.29) is 5.91 Å². The van der Waals surface area contributed by atoms with Crippen LogP contribution in [0.5, 0.6) is 0 Å². The molecule has 0 aliphatic carbocycles. The van der Waals surface area contributed by atoms with Gasteiger partial charge in [-0.3, -0.25) is 14.6 Å². The molecule has 2 aromatic heterocycles. The second-order valence-electron chi connectivity index (χ2n) is 7.96. The van der Waals surface area contributed by atoms with Crippen molar-refractivity contribution in [2.75, 3.05) is 44.6 Å². The molecule has 1 aliphatic rings. The first-order valence-corrected chi connectivity index (χ1v) is 11.7. The lowest BCUT2D eigenvalue weighted by Gasteiger charge is -2.34. The molecule has 7 nitrogen and oxygen atoms in total. The van der Waals surface area contributed by atoms with Gasteiger partial charge in [0.15, 0.2) is 5.13 Å². The number of carbonyl (C=O) groups is 1. The summed E-state index contributed by atoms with van der Waals surface area (Å²) in [5, 5.41) is 3.63. The first-order chi connectivity index (χ1) is 15.7. The van der Waals surface area contributed by atoms with Crippen molar-refractivity contribution in [3.63, 3.8) is 0 Å². The molecule has 8 heteroatoms. The Labute approximate surface area is 191 Å². The Morgan fingerprint density at radius 3 is 2.50 bits per heavy atom. The molecule has 3 heterocycles. The van der Waals surface area contributed by atoms with Gasteiger partial charge in [-0.25, -0.2) is 9.97 Å². The molecular formula is C24H26N6OS. The highest BCUT2D eigenvalue weighted by atomic mass is 32.1. The van der Waals surface area contributed by atoms with Crippen molar-refractivity contribution in [3.05, 3.63) is 67.0 Å².